The van der Waals surface area contributed by atoms with Crippen LogP contribution in [0.4, 0.5) is 11.6 Å². The Hall–Kier alpha value is -1.85. The number of aromatic nitrogens is 2. The van der Waals surface area contributed by atoms with Gasteiger partial charge < -0.3 is 15.7 Å². The first-order valence-electron chi connectivity index (χ1n) is 6.77. The monoisotopic (exact) mass is 264 g/mol. The Morgan fingerprint density at radius 2 is 2.21 bits per heavy atom. The Morgan fingerprint density at radius 1 is 1.47 bits per heavy atom. The summed E-state index contributed by atoms with van der Waals surface area (Å²) in [6.45, 7) is 2.04. The van der Waals surface area contributed by atoms with E-state index in [1.165, 1.54) is 19.2 Å². The molecule has 2 rings (SSSR count). The Labute approximate surface area is 112 Å². The van der Waals surface area contributed by atoms with Crippen molar-refractivity contribution < 1.29 is 9.90 Å². The molecular weight excluding hydrogens is 244 g/mol. The standard InChI is InChI=1S/C13H20N4O2/c1-2-3-4-10(13(18)19)17-12-7-11(14-8-15-12)16-9-5-6-9/h7-10H,2-6H2,1H3,(H,18,19)(H2,14,15,16,17). The second-order valence-electron chi connectivity index (χ2n) is 4.88. The summed E-state index contributed by atoms with van der Waals surface area (Å²) in [7, 11) is 0. The lowest BCUT2D eigenvalue weighted by atomic mass is 10.1. The van der Waals surface area contributed by atoms with Crippen molar-refractivity contribution in [2.75, 3.05) is 10.6 Å². The zero-order chi connectivity index (χ0) is 13.7. The second kappa shape index (κ2) is 6.36. The molecule has 0 spiro atoms. The number of hydrogen-bond acceptors (Lipinski definition) is 5. The van der Waals surface area contributed by atoms with E-state index in [0.29, 0.717) is 18.3 Å². The summed E-state index contributed by atoms with van der Waals surface area (Å²) in [4.78, 5) is 19.4. The van der Waals surface area contributed by atoms with Crippen LogP contribution >= 0.6 is 0 Å². The van der Waals surface area contributed by atoms with Crippen LogP contribution in [-0.4, -0.2) is 33.1 Å². The van der Waals surface area contributed by atoms with Crippen molar-refractivity contribution in [1.82, 2.24) is 9.97 Å². The Bertz CT molecular complexity index is 434. The van der Waals surface area contributed by atoms with Crippen LogP contribution in [-0.2, 0) is 4.79 Å². The number of unbranched alkanes of at least 4 members (excludes halogenated alkanes) is 1. The van der Waals surface area contributed by atoms with E-state index < -0.39 is 12.0 Å². The number of carboxylic acid groups (broad SMARTS) is 1. The minimum absolute atomic E-state index is 0.512. The fourth-order valence-electron chi connectivity index (χ4n) is 1.80. The van der Waals surface area contributed by atoms with E-state index in [0.717, 1.165) is 18.7 Å². The van der Waals surface area contributed by atoms with Crippen molar-refractivity contribution in [3.05, 3.63) is 12.4 Å². The molecule has 1 fully saturated rings. The SMILES string of the molecule is CCCCC(Nc1cc(NC2CC2)ncn1)C(=O)O. The zero-order valence-corrected chi connectivity index (χ0v) is 11.1. The number of carboxylic acids is 1. The maximum Gasteiger partial charge on any atom is 0.326 e. The van der Waals surface area contributed by atoms with E-state index in [9.17, 15) is 4.79 Å². The van der Waals surface area contributed by atoms with Gasteiger partial charge >= 0.3 is 5.97 Å². The highest BCUT2D eigenvalue weighted by Crippen LogP contribution is 2.24. The van der Waals surface area contributed by atoms with Crippen LogP contribution in [0.25, 0.3) is 0 Å². The van der Waals surface area contributed by atoms with Gasteiger partial charge in [0, 0.05) is 12.1 Å². The molecule has 1 aromatic heterocycles. The topological polar surface area (TPSA) is 87.1 Å². The molecule has 1 unspecified atom stereocenters. The van der Waals surface area contributed by atoms with E-state index in [-0.39, 0.29) is 0 Å². The smallest absolute Gasteiger partial charge is 0.326 e. The van der Waals surface area contributed by atoms with Gasteiger partial charge in [-0.1, -0.05) is 19.8 Å². The van der Waals surface area contributed by atoms with Gasteiger partial charge in [-0.2, -0.15) is 0 Å². The summed E-state index contributed by atoms with van der Waals surface area (Å²) in [5.74, 6) is 0.463. The third-order valence-corrected chi connectivity index (χ3v) is 3.06. The highest BCUT2D eigenvalue weighted by Gasteiger charge is 2.22. The maximum atomic E-state index is 11.2. The highest BCUT2D eigenvalue weighted by molar-refractivity contribution is 5.77. The maximum absolute atomic E-state index is 11.2. The van der Waals surface area contributed by atoms with Crippen LogP contribution in [0.3, 0.4) is 0 Å². The summed E-state index contributed by atoms with van der Waals surface area (Å²) in [6, 6.07) is 1.68. The molecule has 0 aromatic carbocycles. The number of carbonyl (C=O) groups is 1. The van der Waals surface area contributed by atoms with Crippen LogP contribution in [0.2, 0.25) is 0 Å². The molecule has 6 heteroatoms. The van der Waals surface area contributed by atoms with Crippen LogP contribution < -0.4 is 10.6 Å². The normalized spacial score (nSPS) is 15.8. The zero-order valence-electron chi connectivity index (χ0n) is 11.1. The van der Waals surface area contributed by atoms with Gasteiger partial charge in [-0.15, -0.1) is 0 Å². The van der Waals surface area contributed by atoms with Crippen LogP contribution in [0.1, 0.15) is 39.0 Å². The third-order valence-electron chi connectivity index (χ3n) is 3.06. The van der Waals surface area contributed by atoms with E-state index in [2.05, 4.69) is 20.6 Å². The molecule has 1 saturated carbocycles. The lowest BCUT2D eigenvalue weighted by Gasteiger charge is -2.15. The molecule has 0 radical (unpaired) electrons. The minimum atomic E-state index is -0.844. The summed E-state index contributed by atoms with van der Waals surface area (Å²) in [6.07, 6.45) is 6.24. The van der Waals surface area contributed by atoms with Crippen LogP contribution in [0.15, 0.2) is 12.4 Å². The Balaban J connectivity index is 1.96. The van der Waals surface area contributed by atoms with Gasteiger partial charge in [0.2, 0.25) is 0 Å². The first-order valence-corrected chi connectivity index (χ1v) is 6.77. The molecule has 0 amide bonds. The number of nitrogens with zero attached hydrogens (tertiary/aromatic N) is 2. The van der Waals surface area contributed by atoms with Crippen molar-refractivity contribution in [2.45, 2.75) is 51.1 Å². The average Bonchev–Trinajstić information content (AvgIpc) is 3.18. The number of rotatable bonds is 8. The van der Waals surface area contributed by atoms with E-state index in [1.54, 1.807) is 6.07 Å². The molecule has 1 aliphatic rings. The molecule has 3 N–H and O–H groups in total. The third kappa shape index (κ3) is 4.39. The van der Waals surface area contributed by atoms with E-state index in [4.69, 9.17) is 5.11 Å². The van der Waals surface area contributed by atoms with Crippen LogP contribution in [0, 0.1) is 0 Å². The summed E-state index contributed by atoms with van der Waals surface area (Å²) < 4.78 is 0. The van der Waals surface area contributed by atoms with E-state index >= 15 is 0 Å². The molecule has 104 valence electrons. The van der Waals surface area contributed by atoms with Crippen molar-refractivity contribution in [2.24, 2.45) is 0 Å². The van der Waals surface area contributed by atoms with Gasteiger partial charge in [0.1, 0.15) is 24.0 Å². The first kappa shape index (κ1) is 13.6. The number of anilines is 2. The van der Waals surface area contributed by atoms with Crippen molar-refractivity contribution >= 4 is 17.6 Å². The Morgan fingerprint density at radius 3 is 2.84 bits per heavy atom. The van der Waals surface area contributed by atoms with Crippen molar-refractivity contribution in [3.63, 3.8) is 0 Å². The Kier molecular flexibility index (Phi) is 4.54. The summed E-state index contributed by atoms with van der Waals surface area (Å²) in [5, 5.41) is 15.4. The first-order chi connectivity index (χ1) is 9.19. The molecule has 19 heavy (non-hydrogen) atoms. The lowest BCUT2D eigenvalue weighted by Crippen LogP contribution is -2.29. The minimum Gasteiger partial charge on any atom is -0.480 e. The molecule has 0 saturated heterocycles. The number of aliphatic carboxylic acids is 1. The lowest BCUT2D eigenvalue weighted by molar-refractivity contribution is -0.138. The predicted molar refractivity (Wildman–Crippen MR) is 73.2 cm³/mol. The highest BCUT2D eigenvalue weighted by atomic mass is 16.4. The molecular formula is C13H20N4O2. The number of nitrogens with one attached hydrogen (secondary N) is 2. The van der Waals surface area contributed by atoms with Crippen LogP contribution in [0.5, 0.6) is 0 Å². The quantitative estimate of drug-likeness (QED) is 0.666. The fourth-order valence-corrected chi connectivity index (χ4v) is 1.80. The number of hydrogen-bond donors (Lipinski definition) is 3. The molecule has 1 heterocycles. The van der Waals surface area contributed by atoms with Gasteiger partial charge in [-0.3, -0.25) is 0 Å². The van der Waals surface area contributed by atoms with E-state index in [1.807, 2.05) is 6.92 Å². The van der Waals surface area contributed by atoms with Gasteiger partial charge in [-0.25, -0.2) is 14.8 Å². The molecule has 0 aliphatic heterocycles. The van der Waals surface area contributed by atoms with Crippen molar-refractivity contribution in [3.8, 4) is 0 Å². The molecule has 1 aromatic rings. The molecule has 1 aliphatic carbocycles. The van der Waals surface area contributed by atoms with Gasteiger partial charge in [0.15, 0.2) is 0 Å². The van der Waals surface area contributed by atoms with Gasteiger partial charge in [0.05, 0.1) is 0 Å². The average molecular weight is 264 g/mol. The predicted octanol–water partition coefficient (Wildman–Crippen LogP) is 2.11. The molecule has 0 bridgehead atoms. The van der Waals surface area contributed by atoms with Gasteiger partial charge in [0.25, 0.3) is 0 Å². The molecule has 6 nitrogen and oxygen atoms in total. The second-order valence-corrected chi connectivity index (χ2v) is 4.88. The largest absolute Gasteiger partial charge is 0.480 e. The molecule has 1 atom stereocenters. The summed E-state index contributed by atoms with van der Waals surface area (Å²) >= 11 is 0. The fraction of sp³-hybridized carbons (Fsp3) is 0.615. The summed E-state index contributed by atoms with van der Waals surface area (Å²) in [5.41, 5.74) is 0. The van der Waals surface area contributed by atoms with Gasteiger partial charge in [-0.05, 0) is 19.3 Å². The van der Waals surface area contributed by atoms with Crippen molar-refractivity contribution in [1.29, 1.82) is 0 Å².